The Hall–Kier alpha value is -7.48. The van der Waals surface area contributed by atoms with E-state index in [9.17, 15) is 9.59 Å². The molecule has 10 rings (SSSR count). The van der Waals surface area contributed by atoms with Gasteiger partial charge in [-0.2, -0.15) is 0 Å². The molecule has 4 saturated heterocycles. The van der Waals surface area contributed by atoms with Gasteiger partial charge in [0.2, 0.25) is 23.7 Å². The van der Waals surface area contributed by atoms with Crippen LogP contribution in [0.2, 0.25) is 10.0 Å². The van der Waals surface area contributed by atoms with Crippen molar-refractivity contribution in [1.29, 1.82) is 0 Å². The molecule has 4 atom stereocenters. The minimum absolute atomic E-state index is 0.0720. The number of hydrogen-bond acceptors (Lipinski definition) is 20. The molecule has 0 radical (unpaired) electrons. The van der Waals surface area contributed by atoms with E-state index in [-0.39, 0.29) is 108 Å². The van der Waals surface area contributed by atoms with Crippen molar-refractivity contribution in [2.45, 2.75) is 55.6 Å². The summed E-state index contributed by atoms with van der Waals surface area (Å²) in [6.45, 7) is 11.4. The fourth-order valence-electron chi connectivity index (χ4n) is 9.98. The molecule has 26 heteroatoms. The molecule has 0 aliphatic carbocycles. The number of fused-ring (bicyclic) bond motifs is 2. The highest BCUT2D eigenvalue weighted by Crippen LogP contribution is 2.47. The fraction of sp³-hybridized carbons (Fsp3) is 0.407. The third kappa shape index (κ3) is 11.3. The summed E-state index contributed by atoms with van der Waals surface area (Å²) >= 11 is 13.8. The Balaban J connectivity index is 0.916. The SMILES string of the molecule is C=CC(=O)N[C@H]1CCOC[C@H]1Nc1ncc2cc(-c3c(F)c(OC)cc(OCOC4(C)CN(c5nc(-c6c(Cl)c(OC)cc(OC)c6Cl)cc6cnc(N[C@@H]7COCC[C@@H]7NC(=O)C=C)nc56)C4)c3F)nc(N3CC(OC)C3)c2n1. The number of carbonyl (C=O) groups is 2. The molecular weight excluding hydrogens is 1090 g/mol. The van der Waals surface area contributed by atoms with Gasteiger partial charge in [0, 0.05) is 74.3 Å². The van der Waals surface area contributed by atoms with E-state index in [2.05, 4.69) is 44.4 Å². The number of pyridine rings is 2. The van der Waals surface area contributed by atoms with Crippen LogP contribution in [0.25, 0.3) is 44.3 Å². The third-order valence-electron chi connectivity index (χ3n) is 14.4. The number of methoxy groups -OCH3 is 4. The van der Waals surface area contributed by atoms with E-state index in [1.165, 1.54) is 45.7 Å². The summed E-state index contributed by atoms with van der Waals surface area (Å²) < 4.78 is 79.3. The van der Waals surface area contributed by atoms with E-state index in [0.29, 0.717) is 95.3 Å². The second kappa shape index (κ2) is 23.7. The molecule has 80 heavy (non-hydrogen) atoms. The first-order valence-corrected chi connectivity index (χ1v) is 26.3. The van der Waals surface area contributed by atoms with Gasteiger partial charge < -0.3 is 69.0 Å². The molecule has 2 amide bonds. The second-order valence-electron chi connectivity index (χ2n) is 19.6. The first-order valence-electron chi connectivity index (χ1n) is 25.5. The lowest BCUT2D eigenvalue weighted by atomic mass is 9.96. The van der Waals surface area contributed by atoms with Gasteiger partial charge in [0.05, 0.1) is 105 Å². The van der Waals surface area contributed by atoms with E-state index >= 15 is 8.78 Å². The number of anilines is 4. The average molecular weight is 1140 g/mol. The molecule has 2 aromatic carbocycles. The van der Waals surface area contributed by atoms with Crippen molar-refractivity contribution >= 4 is 80.4 Å². The predicted molar refractivity (Wildman–Crippen MR) is 295 cm³/mol. The topological polar surface area (TPSA) is 240 Å². The van der Waals surface area contributed by atoms with Crippen LogP contribution in [0.1, 0.15) is 19.8 Å². The summed E-state index contributed by atoms with van der Waals surface area (Å²) in [7, 11) is 5.81. The molecule has 4 aliphatic heterocycles. The zero-order valence-corrected chi connectivity index (χ0v) is 45.9. The van der Waals surface area contributed by atoms with Crippen LogP contribution in [0.4, 0.5) is 32.3 Å². The highest BCUT2D eigenvalue weighted by Gasteiger charge is 2.43. The Morgan fingerprint density at radius 3 is 1.69 bits per heavy atom. The summed E-state index contributed by atoms with van der Waals surface area (Å²) in [5.41, 5.74) is 0.115. The smallest absolute Gasteiger partial charge is 0.243 e. The maximum absolute atomic E-state index is 17.0. The van der Waals surface area contributed by atoms with Gasteiger partial charge in [0.15, 0.2) is 41.6 Å². The number of nitrogens with one attached hydrogen (secondary N) is 4. The van der Waals surface area contributed by atoms with Gasteiger partial charge in [-0.1, -0.05) is 36.4 Å². The molecule has 4 aromatic heterocycles. The largest absolute Gasteiger partial charge is 0.495 e. The number of halogens is 4. The zero-order chi connectivity index (χ0) is 56.4. The molecule has 0 spiro atoms. The van der Waals surface area contributed by atoms with E-state index in [4.69, 9.17) is 81.0 Å². The van der Waals surface area contributed by atoms with Crippen LogP contribution in [-0.2, 0) is 28.5 Å². The number of ether oxygens (including phenoxy) is 8. The molecular formula is C54H58Cl2F2N12O10. The highest BCUT2D eigenvalue weighted by atomic mass is 35.5. The van der Waals surface area contributed by atoms with E-state index in [1.54, 1.807) is 25.4 Å². The maximum atomic E-state index is 17.0. The lowest BCUT2D eigenvalue weighted by molar-refractivity contribution is -0.118. The van der Waals surface area contributed by atoms with Gasteiger partial charge in [-0.25, -0.2) is 38.7 Å². The summed E-state index contributed by atoms with van der Waals surface area (Å²) in [4.78, 5) is 57.2. The number of amides is 2. The number of nitrogens with zero attached hydrogens (tertiary/aromatic N) is 8. The molecule has 8 heterocycles. The Bertz CT molecular complexity index is 3350. The fourth-order valence-corrected chi connectivity index (χ4v) is 10.7. The van der Waals surface area contributed by atoms with Crippen LogP contribution in [0.5, 0.6) is 23.0 Å². The Morgan fingerprint density at radius 2 is 1.19 bits per heavy atom. The molecule has 6 aromatic rings. The van der Waals surface area contributed by atoms with Crippen LogP contribution in [0, 0.1) is 11.6 Å². The van der Waals surface area contributed by atoms with E-state index in [1.807, 2.05) is 16.7 Å². The molecule has 0 saturated carbocycles. The summed E-state index contributed by atoms with van der Waals surface area (Å²) in [6, 6.07) is 4.62. The van der Waals surface area contributed by atoms with Crippen LogP contribution in [0.15, 0.2) is 62.0 Å². The monoisotopic (exact) mass is 1140 g/mol. The third-order valence-corrected chi connectivity index (χ3v) is 15.1. The lowest BCUT2D eigenvalue weighted by Gasteiger charge is -2.48. The lowest BCUT2D eigenvalue weighted by Crippen LogP contribution is -2.62. The van der Waals surface area contributed by atoms with Gasteiger partial charge in [-0.3, -0.25) is 9.59 Å². The minimum atomic E-state index is -1.05. The van der Waals surface area contributed by atoms with Crippen molar-refractivity contribution in [2.75, 3.05) is 108 Å². The predicted octanol–water partition coefficient (Wildman–Crippen LogP) is 6.52. The quantitative estimate of drug-likeness (QED) is 0.0470. The van der Waals surface area contributed by atoms with Crippen LogP contribution < -0.4 is 50.0 Å². The van der Waals surface area contributed by atoms with Crippen LogP contribution >= 0.6 is 23.2 Å². The van der Waals surface area contributed by atoms with Gasteiger partial charge in [-0.05, 0) is 44.1 Å². The molecule has 22 nitrogen and oxygen atoms in total. The molecule has 4 fully saturated rings. The number of rotatable bonds is 20. The highest BCUT2D eigenvalue weighted by molar-refractivity contribution is 6.41. The second-order valence-corrected chi connectivity index (χ2v) is 20.4. The van der Waals surface area contributed by atoms with E-state index < -0.39 is 29.6 Å². The van der Waals surface area contributed by atoms with Gasteiger partial charge >= 0.3 is 0 Å². The van der Waals surface area contributed by atoms with Gasteiger partial charge in [-0.15, -0.1) is 0 Å². The zero-order valence-electron chi connectivity index (χ0n) is 44.4. The molecule has 4 aliphatic rings. The average Bonchev–Trinajstić information content (AvgIpc) is 3.47. The van der Waals surface area contributed by atoms with Crippen molar-refractivity contribution < 1.29 is 56.3 Å². The Morgan fingerprint density at radius 1 is 0.700 bits per heavy atom. The summed E-state index contributed by atoms with van der Waals surface area (Å²) in [6.07, 6.45) is 6.59. The summed E-state index contributed by atoms with van der Waals surface area (Å²) in [5.74, 6) is -1.48. The first kappa shape index (κ1) is 55.8. The van der Waals surface area contributed by atoms with Gasteiger partial charge in [0.25, 0.3) is 0 Å². The van der Waals surface area contributed by atoms with Crippen molar-refractivity contribution in [3.8, 4) is 45.5 Å². The van der Waals surface area contributed by atoms with Crippen LogP contribution in [0.3, 0.4) is 0 Å². The normalized spacial score (nSPS) is 19.8. The Kier molecular flexibility index (Phi) is 16.5. The van der Waals surface area contributed by atoms with Crippen molar-refractivity contribution in [3.63, 3.8) is 0 Å². The Labute approximate surface area is 468 Å². The molecule has 0 unspecified atom stereocenters. The summed E-state index contributed by atoms with van der Waals surface area (Å²) in [5, 5.41) is 13.9. The molecule has 0 bridgehead atoms. The van der Waals surface area contributed by atoms with Crippen molar-refractivity contribution in [3.05, 3.63) is 83.6 Å². The van der Waals surface area contributed by atoms with Gasteiger partial charge in [0.1, 0.15) is 28.1 Å². The number of hydrogen-bond donors (Lipinski definition) is 4. The van der Waals surface area contributed by atoms with Crippen LogP contribution in [-0.4, -0.2) is 165 Å². The standard InChI is InChI=1S/C54H58Cl2F2N12O10/c1-8-40(71)61-30-10-12-77-22-34(30)65-52-60-19-28-15-33(64-50(48(28)67-52)69-20-29(21-69)73-4)43-46(57)38(76-7)17-39(47(43)58)79-26-80-54(3)24-70(25-54)51-49-27(14-32(63-51)42-44(55)36(74-5)16-37(75-6)45(42)56)18-59-53(68-49)66-35-23-78-13-11-31(35)62-41(72)9-2/h8-9,14-19,29-31,34-35H,1-2,10-13,20-26H2,3-7H3,(H,61,71)(H,62,72)(H,59,66,68)(H,60,65,67)/t30-,31-,34+,35+/m0/s1. The minimum Gasteiger partial charge on any atom is -0.495 e. The first-order chi connectivity index (χ1) is 38.6. The number of aromatic nitrogens is 6. The maximum Gasteiger partial charge on any atom is 0.243 e. The molecule has 4 N–H and O–H groups in total. The number of carbonyl (C=O) groups excluding carboxylic acids is 2. The van der Waals surface area contributed by atoms with Crippen molar-refractivity contribution in [2.24, 2.45) is 0 Å². The van der Waals surface area contributed by atoms with E-state index in [0.717, 1.165) is 6.07 Å². The number of benzene rings is 2. The molecule has 422 valence electrons. The van der Waals surface area contributed by atoms with Crippen molar-refractivity contribution in [1.82, 2.24) is 40.5 Å².